The predicted octanol–water partition coefficient (Wildman–Crippen LogP) is 3.29. The number of anilines is 2. The molecule has 2 aliphatic heterocycles. The molecule has 1 amide bonds. The number of rotatable bonds is 6. The zero-order chi connectivity index (χ0) is 20.8. The van der Waals surface area contributed by atoms with E-state index in [1.54, 1.807) is 18.2 Å². The van der Waals surface area contributed by atoms with Gasteiger partial charge in [-0.3, -0.25) is 9.59 Å². The number of para-hydroxylation sites is 2. The lowest BCUT2D eigenvalue weighted by molar-refractivity contribution is -0.116. The van der Waals surface area contributed by atoms with Gasteiger partial charge in [0.25, 0.3) is 0 Å². The highest BCUT2D eigenvalue weighted by atomic mass is 16.5. The third kappa shape index (κ3) is 4.91. The molecule has 7 heteroatoms. The lowest BCUT2D eigenvalue weighted by Gasteiger charge is -2.30. The monoisotopic (exact) mass is 410 g/mol. The molecular weight excluding hydrogens is 384 g/mol. The third-order valence-corrected chi connectivity index (χ3v) is 5.18. The first-order valence-electron chi connectivity index (χ1n) is 10.3. The van der Waals surface area contributed by atoms with Crippen LogP contribution in [0.5, 0.6) is 11.5 Å². The van der Waals surface area contributed by atoms with Crippen molar-refractivity contribution in [1.82, 2.24) is 0 Å². The smallest absolute Gasteiger partial charge is 0.224 e. The first-order valence-corrected chi connectivity index (χ1v) is 10.3. The first kappa shape index (κ1) is 20.2. The number of hydrogen-bond acceptors (Lipinski definition) is 6. The SMILES string of the molecule is O=C(CCC(=O)c1ccc2c(c1)OCCCO2)Nc1ccccc1N1CCOCC1. The van der Waals surface area contributed by atoms with Gasteiger partial charge < -0.3 is 24.4 Å². The second kappa shape index (κ2) is 9.63. The van der Waals surface area contributed by atoms with E-state index in [-0.39, 0.29) is 24.5 Å². The Morgan fingerprint density at radius 1 is 0.900 bits per heavy atom. The van der Waals surface area contributed by atoms with Gasteiger partial charge in [-0.2, -0.15) is 0 Å². The highest BCUT2D eigenvalue weighted by molar-refractivity contribution is 6.01. The summed E-state index contributed by atoms with van der Waals surface area (Å²) in [6, 6.07) is 12.9. The summed E-state index contributed by atoms with van der Waals surface area (Å²) in [5.41, 5.74) is 2.26. The number of ether oxygens (including phenoxy) is 3. The third-order valence-electron chi connectivity index (χ3n) is 5.18. The van der Waals surface area contributed by atoms with E-state index in [0.29, 0.717) is 43.5 Å². The summed E-state index contributed by atoms with van der Waals surface area (Å²) in [4.78, 5) is 27.3. The second-order valence-electron chi connectivity index (χ2n) is 7.30. The van der Waals surface area contributed by atoms with Crippen molar-refractivity contribution in [2.75, 3.05) is 49.7 Å². The lowest BCUT2D eigenvalue weighted by atomic mass is 10.1. The Morgan fingerprint density at radius 3 is 2.50 bits per heavy atom. The average Bonchev–Trinajstić information content (AvgIpc) is 3.03. The van der Waals surface area contributed by atoms with Crippen molar-refractivity contribution in [3.05, 3.63) is 48.0 Å². The molecule has 2 aliphatic rings. The van der Waals surface area contributed by atoms with Gasteiger partial charge in [0.1, 0.15) is 0 Å². The van der Waals surface area contributed by atoms with Crippen molar-refractivity contribution in [1.29, 1.82) is 0 Å². The molecule has 0 aromatic heterocycles. The minimum absolute atomic E-state index is 0.0951. The lowest BCUT2D eigenvalue weighted by Crippen LogP contribution is -2.36. The van der Waals surface area contributed by atoms with Crippen LogP contribution in [0, 0.1) is 0 Å². The number of carbonyl (C=O) groups excluding carboxylic acids is 2. The summed E-state index contributed by atoms with van der Waals surface area (Å²) in [5.74, 6) is 0.962. The molecule has 30 heavy (non-hydrogen) atoms. The van der Waals surface area contributed by atoms with Crippen LogP contribution in [0.2, 0.25) is 0 Å². The van der Waals surface area contributed by atoms with Crippen LogP contribution >= 0.6 is 0 Å². The van der Waals surface area contributed by atoms with Gasteiger partial charge in [-0.05, 0) is 30.3 Å². The van der Waals surface area contributed by atoms with Gasteiger partial charge in [-0.15, -0.1) is 0 Å². The van der Waals surface area contributed by atoms with Gasteiger partial charge in [0.15, 0.2) is 17.3 Å². The van der Waals surface area contributed by atoms with Crippen LogP contribution in [-0.4, -0.2) is 51.2 Å². The summed E-state index contributed by atoms with van der Waals surface area (Å²) >= 11 is 0. The Kier molecular flexibility index (Phi) is 6.49. The molecule has 0 spiro atoms. The summed E-state index contributed by atoms with van der Waals surface area (Å²) in [6.45, 7) is 4.09. The van der Waals surface area contributed by atoms with Gasteiger partial charge in [-0.1, -0.05) is 12.1 Å². The fourth-order valence-electron chi connectivity index (χ4n) is 3.58. The van der Waals surface area contributed by atoms with E-state index in [1.807, 2.05) is 24.3 Å². The standard InChI is InChI=1S/C23H26N2O5/c26-20(17-6-8-21-22(16-17)30-13-3-12-29-21)7-9-23(27)24-18-4-1-2-5-19(18)25-10-14-28-15-11-25/h1-2,4-6,8,16H,3,7,9-15H2,(H,24,27). The molecule has 0 bridgehead atoms. The average molecular weight is 410 g/mol. The molecule has 1 fully saturated rings. The van der Waals surface area contributed by atoms with Crippen molar-refractivity contribution in [2.45, 2.75) is 19.3 Å². The Bertz CT molecular complexity index is 908. The molecule has 1 N–H and O–H groups in total. The molecule has 2 heterocycles. The van der Waals surface area contributed by atoms with Crippen LogP contribution < -0.4 is 19.7 Å². The number of carbonyl (C=O) groups is 2. The number of hydrogen-bond donors (Lipinski definition) is 1. The van der Waals surface area contributed by atoms with E-state index < -0.39 is 0 Å². The van der Waals surface area contributed by atoms with Crippen LogP contribution in [0.4, 0.5) is 11.4 Å². The number of benzene rings is 2. The highest BCUT2D eigenvalue weighted by Crippen LogP contribution is 2.31. The topological polar surface area (TPSA) is 77.1 Å². The van der Waals surface area contributed by atoms with Gasteiger partial charge in [0.05, 0.1) is 37.8 Å². The van der Waals surface area contributed by atoms with E-state index in [9.17, 15) is 9.59 Å². The van der Waals surface area contributed by atoms with Crippen LogP contribution in [0.3, 0.4) is 0 Å². The highest BCUT2D eigenvalue weighted by Gasteiger charge is 2.18. The number of Topliss-reactive ketones (excluding diaryl/α,β-unsaturated/α-hetero) is 1. The Labute approximate surface area is 175 Å². The molecular formula is C23H26N2O5. The normalized spacial score (nSPS) is 15.9. The number of amides is 1. The Morgan fingerprint density at radius 2 is 1.67 bits per heavy atom. The molecule has 0 radical (unpaired) electrons. The quantitative estimate of drug-likeness (QED) is 0.737. The van der Waals surface area contributed by atoms with Crippen molar-refractivity contribution in [2.24, 2.45) is 0 Å². The van der Waals surface area contributed by atoms with Crippen molar-refractivity contribution in [3.8, 4) is 11.5 Å². The molecule has 0 atom stereocenters. The summed E-state index contributed by atoms with van der Waals surface area (Å²) in [5, 5.41) is 2.95. The maximum absolute atomic E-state index is 12.6. The summed E-state index contributed by atoms with van der Waals surface area (Å²) in [6.07, 6.45) is 1.06. The van der Waals surface area contributed by atoms with Gasteiger partial charge >= 0.3 is 0 Å². The molecule has 0 saturated carbocycles. The van der Waals surface area contributed by atoms with Crippen molar-refractivity contribution < 1.29 is 23.8 Å². The van der Waals surface area contributed by atoms with Gasteiger partial charge in [-0.25, -0.2) is 0 Å². The van der Waals surface area contributed by atoms with Gasteiger partial charge in [0, 0.05) is 37.9 Å². The number of morpholine rings is 1. The number of nitrogens with one attached hydrogen (secondary N) is 1. The van der Waals surface area contributed by atoms with E-state index in [2.05, 4.69) is 10.2 Å². The Balaban J connectivity index is 1.35. The number of nitrogens with zero attached hydrogens (tertiary/aromatic N) is 1. The second-order valence-corrected chi connectivity index (χ2v) is 7.30. The van der Waals surface area contributed by atoms with E-state index in [4.69, 9.17) is 14.2 Å². The zero-order valence-electron chi connectivity index (χ0n) is 16.9. The molecule has 7 nitrogen and oxygen atoms in total. The van der Waals surface area contributed by atoms with Crippen LogP contribution in [0.25, 0.3) is 0 Å². The van der Waals surface area contributed by atoms with Crippen molar-refractivity contribution in [3.63, 3.8) is 0 Å². The maximum atomic E-state index is 12.6. The van der Waals surface area contributed by atoms with E-state index in [0.717, 1.165) is 30.9 Å². The van der Waals surface area contributed by atoms with Crippen LogP contribution in [0.1, 0.15) is 29.6 Å². The Hall–Kier alpha value is -3.06. The van der Waals surface area contributed by atoms with Crippen molar-refractivity contribution >= 4 is 23.1 Å². The number of fused-ring (bicyclic) bond motifs is 1. The molecule has 4 rings (SSSR count). The minimum atomic E-state index is -0.182. The predicted molar refractivity (Wildman–Crippen MR) is 114 cm³/mol. The fourth-order valence-corrected chi connectivity index (χ4v) is 3.58. The summed E-state index contributed by atoms with van der Waals surface area (Å²) < 4.78 is 16.6. The maximum Gasteiger partial charge on any atom is 0.224 e. The molecule has 2 aromatic rings. The molecule has 1 saturated heterocycles. The first-order chi connectivity index (χ1) is 14.7. The zero-order valence-corrected chi connectivity index (χ0v) is 16.9. The minimum Gasteiger partial charge on any atom is -0.490 e. The molecule has 2 aromatic carbocycles. The van der Waals surface area contributed by atoms with Gasteiger partial charge in [0.2, 0.25) is 5.91 Å². The molecule has 0 unspecified atom stereocenters. The van der Waals surface area contributed by atoms with Crippen LogP contribution in [0.15, 0.2) is 42.5 Å². The fraction of sp³-hybridized carbons (Fsp3) is 0.391. The summed E-state index contributed by atoms with van der Waals surface area (Å²) in [7, 11) is 0. The number of ketones is 1. The van der Waals surface area contributed by atoms with Crippen LogP contribution in [-0.2, 0) is 9.53 Å². The largest absolute Gasteiger partial charge is 0.490 e. The van der Waals surface area contributed by atoms with E-state index >= 15 is 0 Å². The molecule has 0 aliphatic carbocycles. The molecule has 158 valence electrons. The van der Waals surface area contributed by atoms with E-state index in [1.165, 1.54) is 0 Å².